The van der Waals surface area contributed by atoms with Crippen LogP contribution in [0, 0.1) is 11.3 Å². The molecule has 0 aliphatic heterocycles. The van der Waals surface area contributed by atoms with Crippen LogP contribution in [0.5, 0.6) is 11.5 Å². The second-order valence-corrected chi connectivity index (χ2v) is 6.63. The Kier molecular flexibility index (Phi) is 5.59. The van der Waals surface area contributed by atoms with Crippen molar-refractivity contribution in [2.24, 2.45) is 0 Å². The molecule has 2 rings (SSSR count). The van der Waals surface area contributed by atoms with Crippen molar-refractivity contribution in [1.82, 2.24) is 5.32 Å². The number of nitrogens with zero attached hydrogens (tertiary/aromatic N) is 1. The highest BCUT2D eigenvalue weighted by atomic mass is 16.5. The lowest BCUT2D eigenvalue weighted by molar-refractivity contribution is -0.120. The van der Waals surface area contributed by atoms with Gasteiger partial charge in [0.25, 0.3) is 0 Å². The predicted molar refractivity (Wildman–Crippen MR) is 93.7 cm³/mol. The Morgan fingerprint density at radius 1 is 1.04 bits per heavy atom. The molecule has 0 aliphatic carbocycles. The van der Waals surface area contributed by atoms with E-state index in [2.05, 4.69) is 38.2 Å². The molecule has 0 atom stereocenters. The van der Waals surface area contributed by atoms with E-state index < -0.39 is 0 Å². The SMILES string of the molecule is CC(C)(C)c1ccc(Oc2ccc(CNC(=O)CC#N)cc2)cc1. The van der Waals surface area contributed by atoms with Crippen molar-refractivity contribution in [3.63, 3.8) is 0 Å². The van der Waals surface area contributed by atoms with Gasteiger partial charge in [-0.15, -0.1) is 0 Å². The van der Waals surface area contributed by atoms with E-state index in [1.54, 1.807) is 0 Å². The fourth-order valence-electron chi connectivity index (χ4n) is 2.17. The van der Waals surface area contributed by atoms with Crippen LogP contribution in [0.3, 0.4) is 0 Å². The van der Waals surface area contributed by atoms with Crippen molar-refractivity contribution < 1.29 is 9.53 Å². The van der Waals surface area contributed by atoms with Crippen molar-refractivity contribution in [3.8, 4) is 17.6 Å². The third kappa shape index (κ3) is 5.13. The molecule has 0 heterocycles. The molecule has 4 heteroatoms. The predicted octanol–water partition coefficient (Wildman–Crippen LogP) is 4.31. The largest absolute Gasteiger partial charge is 0.457 e. The van der Waals surface area contributed by atoms with E-state index in [9.17, 15) is 4.79 Å². The maximum Gasteiger partial charge on any atom is 0.234 e. The highest BCUT2D eigenvalue weighted by Crippen LogP contribution is 2.27. The first-order chi connectivity index (χ1) is 11.4. The van der Waals surface area contributed by atoms with Crippen LogP contribution >= 0.6 is 0 Å². The molecule has 0 saturated carbocycles. The molecule has 0 fully saturated rings. The van der Waals surface area contributed by atoms with Gasteiger partial charge in [-0.1, -0.05) is 45.0 Å². The van der Waals surface area contributed by atoms with Crippen LogP contribution in [0.4, 0.5) is 0 Å². The first kappa shape index (κ1) is 17.6. The Bertz CT molecular complexity index is 720. The van der Waals surface area contributed by atoms with Crippen molar-refractivity contribution in [3.05, 3.63) is 59.7 Å². The van der Waals surface area contributed by atoms with Gasteiger partial charge in [-0.2, -0.15) is 5.26 Å². The third-order valence-corrected chi connectivity index (χ3v) is 3.61. The fraction of sp³-hybridized carbons (Fsp3) is 0.300. The van der Waals surface area contributed by atoms with E-state index in [1.165, 1.54) is 5.56 Å². The van der Waals surface area contributed by atoms with E-state index in [-0.39, 0.29) is 17.7 Å². The van der Waals surface area contributed by atoms with Crippen LogP contribution in [-0.4, -0.2) is 5.91 Å². The fourth-order valence-corrected chi connectivity index (χ4v) is 2.17. The Hall–Kier alpha value is -2.80. The summed E-state index contributed by atoms with van der Waals surface area (Å²) in [6.07, 6.45) is -0.119. The van der Waals surface area contributed by atoms with Gasteiger partial charge in [-0.3, -0.25) is 4.79 Å². The molecule has 0 aromatic heterocycles. The first-order valence-electron chi connectivity index (χ1n) is 7.89. The molecule has 0 bridgehead atoms. The van der Waals surface area contributed by atoms with Crippen molar-refractivity contribution in [2.75, 3.05) is 0 Å². The summed E-state index contributed by atoms with van der Waals surface area (Å²) in [5.41, 5.74) is 2.34. The van der Waals surface area contributed by atoms with Crippen LogP contribution < -0.4 is 10.1 Å². The second-order valence-electron chi connectivity index (χ2n) is 6.63. The molecule has 0 radical (unpaired) electrons. The summed E-state index contributed by atoms with van der Waals surface area (Å²) < 4.78 is 5.83. The smallest absolute Gasteiger partial charge is 0.234 e. The Morgan fingerprint density at radius 3 is 2.08 bits per heavy atom. The minimum atomic E-state index is -0.267. The lowest BCUT2D eigenvalue weighted by atomic mass is 9.87. The average Bonchev–Trinajstić information content (AvgIpc) is 2.54. The van der Waals surface area contributed by atoms with Gasteiger partial charge in [0.15, 0.2) is 0 Å². The van der Waals surface area contributed by atoms with Crippen LogP contribution in [0.2, 0.25) is 0 Å². The summed E-state index contributed by atoms with van der Waals surface area (Å²) in [4.78, 5) is 11.3. The van der Waals surface area contributed by atoms with Gasteiger partial charge in [0.05, 0.1) is 6.07 Å². The number of carbonyl (C=O) groups is 1. The molecule has 124 valence electrons. The van der Waals surface area contributed by atoms with Crippen LogP contribution in [0.15, 0.2) is 48.5 Å². The first-order valence-corrected chi connectivity index (χ1v) is 7.89. The number of benzene rings is 2. The molecule has 2 aromatic rings. The van der Waals surface area contributed by atoms with Gasteiger partial charge in [-0.25, -0.2) is 0 Å². The minimum absolute atomic E-state index is 0.119. The molecular weight excluding hydrogens is 300 g/mol. The summed E-state index contributed by atoms with van der Waals surface area (Å²) in [7, 11) is 0. The maximum atomic E-state index is 11.3. The molecule has 0 unspecified atom stereocenters. The summed E-state index contributed by atoms with van der Waals surface area (Å²) in [5, 5.41) is 11.1. The topological polar surface area (TPSA) is 62.1 Å². The molecule has 24 heavy (non-hydrogen) atoms. The zero-order chi connectivity index (χ0) is 17.6. The lowest BCUT2D eigenvalue weighted by Crippen LogP contribution is -2.21. The van der Waals surface area contributed by atoms with Crippen LogP contribution in [-0.2, 0) is 16.8 Å². The minimum Gasteiger partial charge on any atom is -0.457 e. The third-order valence-electron chi connectivity index (χ3n) is 3.61. The monoisotopic (exact) mass is 322 g/mol. The average molecular weight is 322 g/mol. The molecule has 1 amide bonds. The number of amides is 1. The molecule has 0 saturated heterocycles. The normalized spacial score (nSPS) is 10.8. The highest BCUT2D eigenvalue weighted by molar-refractivity contribution is 5.77. The molecule has 1 N–H and O–H groups in total. The molecule has 4 nitrogen and oxygen atoms in total. The van der Waals surface area contributed by atoms with Gasteiger partial charge in [0.2, 0.25) is 5.91 Å². The van der Waals surface area contributed by atoms with Crippen LogP contribution in [0.1, 0.15) is 38.3 Å². The highest BCUT2D eigenvalue weighted by Gasteiger charge is 2.13. The van der Waals surface area contributed by atoms with Crippen molar-refractivity contribution in [2.45, 2.75) is 39.2 Å². The number of ether oxygens (including phenoxy) is 1. The maximum absolute atomic E-state index is 11.3. The quantitative estimate of drug-likeness (QED) is 0.892. The Labute approximate surface area is 143 Å². The number of hydrogen-bond acceptors (Lipinski definition) is 3. The zero-order valence-corrected chi connectivity index (χ0v) is 14.3. The van der Waals surface area contributed by atoms with E-state index in [4.69, 9.17) is 10.00 Å². The number of hydrogen-bond donors (Lipinski definition) is 1. The van der Waals surface area contributed by atoms with Crippen LogP contribution in [0.25, 0.3) is 0 Å². The van der Waals surface area contributed by atoms with E-state index in [1.807, 2.05) is 42.5 Å². The standard InChI is InChI=1S/C20H22N2O2/c1-20(2,3)16-6-10-18(11-7-16)24-17-8-4-15(5-9-17)14-22-19(23)12-13-21/h4-11H,12,14H2,1-3H3,(H,22,23). The van der Waals surface area contributed by atoms with E-state index in [0.29, 0.717) is 6.54 Å². The van der Waals surface area contributed by atoms with E-state index >= 15 is 0 Å². The van der Waals surface area contributed by atoms with Gasteiger partial charge >= 0.3 is 0 Å². The van der Waals surface area contributed by atoms with Crippen molar-refractivity contribution >= 4 is 5.91 Å². The van der Waals surface area contributed by atoms with E-state index in [0.717, 1.165) is 17.1 Å². The Morgan fingerprint density at radius 2 is 1.58 bits per heavy atom. The molecular formula is C20H22N2O2. The molecule has 0 aliphatic rings. The van der Waals surface area contributed by atoms with Crippen molar-refractivity contribution in [1.29, 1.82) is 5.26 Å². The van der Waals surface area contributed by atoms with Gasteiger partial charge in [0, 0.05) is 6.54 Å². The number of nitriles is 1. The van der Waals surface area contributed by atoms with Gasteiger partial charge < -0.3 is 10.1 Å². The summed E-state index contributed by atoms with van der Waals surface area (Å²) in [6.45, 7) is 6.94. The second kappa shape index (κ2) is 7.65. The number of rotatable bonds is 5. The lowest BCUT2D eigenvalue weighted by Gasteiger charge is -2.19. The summed E-state index contributed by atoms with van der Waals surface area (Å²) in [5.74, 6) is 1.26. The number of carbonyl (C=O) groups excluding carboxylic acids is 1. The van der Waals surface area contributed by atoms with Gasteiger partial charge in [-0.05, 0) is 40.8 Å². The summed E-state index contributed by atoms with van der Waals surface area (Å²) >= 11 is 0. The Balaban J connectivity index is 1.94. The molecule has 2 aromatic carbocycles. The number of nitrogens with one attached hydrogen (secondary N) is 1. The van der Waals surface area contributed by atoms with Gasteiger partial charge in [0.1, 0.15) is 17.9 Å². The molecule has 0 spiro atoms. The zero-order valence-electron chi connectivity index (χ0n) is 14.3. The summed E-state index contributed by atoms with van der Waals surface area (Å²) in [6, 6.07) is 17.4.